The number of carbonyl (C=O) groups excluding carboxylic acids is 1. The Hall–Kier alpha value is -0.0900. The minimum atomic E-state index is -0.467. The Morgan fingerprint density at radius 3 is 2.36 bits per heavy atom. The van der Waals surface area contributed by atoms with Crippen LogP contribution in [0.5, 0.6) is 0 Å². The molecule has 66 valence electrons. The highest BCUT2D eigenvalue weighted by atomic mass is 79.9. The maximum atomic E-state index is 11.1. The third-order valence-corrected chi connectivity index (χ3v) is 2.26. The van der Waals surface area contributed by atoms with Crippen LogP contribution in [0.15, 0.2) is 0 Å². The van der Waals surface area contributed by atoms with E-state index in [0.29, 0.717) is 5.33 Å². The fourth-order valence-electron chi connectivity index (χ4n) is 0.533. The molecule has 1 N–H and O–H groups in total. The summed E-state index contributed by atoms with van der Waals surface area (Å²) in [5.41, 5.74) is -0.467. The normalized spacial score (nSPS) is 11.4. The Balaban J connectivity index is 4.22. The number of aliphatic hydroxyl groups excluding tert-OH is 1. The summed E-state index contributed by atoms with van der Waals surface area (Å²) in [6.07, 6.45) is 0. The van der Waals surface area contributed by atoms with Gasteiger partial charge in [-0.15, -0.1) is 0 Å². The van der Waals surface area contributed by atoms with E-state index in [-0.39, 0.29) is 12.5 Å². The standard InChI is InChI=1S/C7H14BrNO2/c1-7(2,5-10)9(3)6(11)4-8/h10H,4-5H2,1-3H3. The summed E-state index contributed by atoms with van der Waals surface area (Å²) in [5.74, 6) is -0.0240. The Bertz CT molecular complexity index is 147. The van der Waals surface area contributed by atoms with Crippen molar-refractivity contribution in [3.05, 3.63) is 0 Å². The number of rotatable bonds is 3. The highest BCUT2D eigenvalue weighted by molar-refractivity contribution is 9.09. The third kappa shape index (κ3) is 2.79. The van der Waals surface area contributed by atoms with E-state index in [1.54, 1.807) is 7.05 Å². The number of likely N-dealkylation sites (N-methyl/N-ethyl adjacent to an activating group) is 1. The van der Waals surface area contributed by atoms with E-state index in [9.17, 15) is 4.79 Å². The Labute approximate surface area is 75.5 Å². The van der Waals surface area contributed by atoms with Crippen molar-refractivity contribution in [1.29, 1.82) is 0 Å². The number of halogens is 1. The van der Waals surface area contributed by atoms with Crippen LogP contribution in [0, 0.1) is 0 Å². The summed E-state index contributed by atoms with van der Waals surface area (Å²) in [7, 11) is 1.68. The molecule has 0 radical (unpaired) electrons. The molecule has 0 spiro atoms. The number of carbonyl (C=O) groups is 1. The molecule has 0 aromatic carbocycles. The molecule has 0 aromatic rings. The van der Waals surface area contributed by atoms with Gasteiger partial charge in [0, 0.05) is 7.05 Å². The van der Waals surface area contributed by atoms with Gasteiger partial charge in [-0.05, 0) is 13.8 Å². The molecule has 0 unspecified atom stereocenters. The zero-order valence-corrected chi connectivity index (χ0v) is 8.68. The lowest BCUT2D eigenvalue weighted by Gasteiger charge is -2.33. The minimum absolute atomic E-state index is 0.0240. The van der Waals surface area contributed by atoms with Crippen molar-refractivity contribution < 1.29 is 9.90 Å². The molecule has 0 bridgehead atoms. The molecule has 4 heteroatoms. The summed E-state index contributed by atoms with van der Waals surface area (Å²) in [4.78, 5) is 12.6. The highest BCUT2D eigenvalue weighted by Gasteiger charge is 2.25. The van der Waals surface area contributed by atoms with E-state index >= 15 is 0 Å². The van der Waals surface area contributed by atoms with E-state index in [1.807, 2.05) is 13.8 Å². The summed E-state index contributed by atoms with van der Waals surface area (Å²) in [5, 5.41) is 9.20. The van der Waals surface area contributed by atoms with Crippen molar-refractivity contribution in [1.82, 2.24) is 4.90 Å². The average Bonchev–Trinajstić information content (AvgIpc) is 2.01. The molecule has 0 aliphatic carbocycles. The second-order valence-electron chi connectivity index (χ2n) is 3.06. The number of aliphatic hydroxyl groups is 1. The maximum absolute atomic E-state index is 11.1. The lowest BCUT2D eigenvalue weighted by molar-refractivity contribution is -0.132. The second kappa shape index (κ2) is 4.07. The molecule has 11 heavy (non-hydrogen) atoms. The van der Waals surface area contributed by atoms with Crippen LogP contribution in [0.4, 0.5) is 0 Å². The molecule has 0 atom stereocenters. The smallest absolute Gasteiger partial charge is 0.233 e. The van der Waals surface area contributed by atoms with Gasteiger partial charge in [-0.2, -0.15) is 0 Å². The predicted octanol–water partition coefficient (Wildman–Crippen LogP) is 0.611. The van der Waals surface area contributed by atoms with Crippen LogP contribution < -0.4 is 0 Å². The van der Waals surface area contributed by atoms with Gasteiger partial charge in [0.15, 0.2) is 0 Å². The van der Waals surface area contributed by atoms with Gasteiger partial charge in [0.25, 0.3) is 0 Å². The molecule has 0 aliphatic heterocycles. The first kappa shape index (κ1) is 10.9. The Morgan fingerprint density at radius 2 is 2.09 bits per heavy atom. The monoisotopic (exact) mass is 223 g/mol. The molecule has 0 aromatic heterocycles. The number of alkyl halides is 1. The van der Waals surface area contributed by atoms with Crippen LogP contribution >= 0.6 is 15.9 Å². The largest absolute Gasteiger partial charge is 0.394 e. The first-order valence-electron chi connectivity index (χ1n) is 3.39. The van der Waals surface area contributed by atoms with Crippen LogP contribution in [0.1, 0.15) is 13.8 Å². The number of hydrogen-bond acceptors (Lipinski definition) is 2. The zero-order chi connectivity index (χ0) is 9.07. The van der Waals surface area contributed by atoms with E-state index in [0.717, 1.165) is 0 Å². The van der Waals surface area contributed by atoms with Gasteiger partial charge in [0.1, 0.15) is 0 Å². The molecular formula is C7H14BrNO2. The van der Waals surface area contributed by atoms with Crippen LogP contribution in [-0.2, 0) is 4.79 Å². The number of amides is 1. The zero-order valence-electron chi connectivity index (χ0n) is 7.09. The molecule has 3 nitrogen and oxygen atoms in total. The molecule has 0 saturated heterocycles. The van der Waals surface area contributed by atoms with Crippen molar-refractivity contribution in [2.45, 2.75) is 19.4 Å². The van der Waals surface area contributed by atoms with Crippen LogP contribution in [0.3, 0.4) is 0 Å². The van der Waals surface area contributed by atoms with Gasteiger partial charge < -0.3 is 10.0 Å². The Morgan fingerprint density at radius 1 is 1.64 bits per heavy atom. The van der Waals surface area contributed by atoms with Gasteiger partial charge in [-0.25, -0.2) is 0 Å². The fraction of sp³-hybridized carbons (Fsp3) is 0.857. The van der Waals surface area contributed by atoms with Crippen molar-refractivity contribution in [2.75, 3.05) is 19.0 Å². The van der Waals surface area contributed by atoms with Gasteiger partial charge in [-0.1, -0.05) is 15.9 Å². The first-order chi connectivity index (χ1) is 4.95. The van der Waals surface area contributed by atoms with Crippen molar-refractivity contribution in [3.63, 3.8) is 0 Å². The van der Waals surface area contributed by atoms with Crippen molar-refractivity contribution in [3.8, 4) is 0 Å². The quantitative estimate of drug-likeness (QED) is 0.713. The minimum Gasteiger partial charge on any atom is -0.394 e. The first-order valence-corrected chi connectivity index (χ1v) is 4.51. The van der Waals surface area contributed by atoms with E-state index < -0.39 is 5.54 Å². The predicted molar refractivity (Wildman–Crippen MR) is 47.7 cm³/mol. The average molecular weight is 224 g/mol. The molecule has 1 amide bonds. The molecule has 0 aliphatic rings. The van der Waals surface area contributed by atoms with Gasteiger partial charge in [0.05, 0.1) is 17.5 Å². The fourth-order valence-corrected chi connectivity index (χ4v) is 0.909. The van der Waals surface area contributed by atoms with Gasteiger partial charge in [-0.3, -0.25) is 4.79 Å². The molecule has 0 fully saturated rings. The summed E-state index contributed by atoms with van der Waals surface area (Å²) >= 11 is 3.06. The van der Waals surface area contributed by atoms with Crippen molar-refractivity contribution in [2.24, 2.45) is 0 Å². The van der Waals surface area contributed by atoms with E-state index in [2.05, 4.69) is 15.9 Å². The third-order valence-electron chi connectivity index (χ3n) is 1.78. The SMILES string of the molecule is CN(C(=O)CBr)C(C)(C)CO. The van der Waals surface area contributed by atoms with Crippen LogP contribution in [0.2, 0.25) is 0 Å². The van der Waals surface area contributed by atoms with Gasteiger partial charge in [0.2, 0.25) is 5.91 Å². The van der Waals surface area contributed by atoms with E-state index in [1.165, 1.54) is 4.90 Å². The molecule has 0 rings (SSSR count). The molecular weight excluding hydrogens is 210 g/mol. The van der Waals surface area contributed by atoms with E-state index in [4.69, 9.17) is 5.11 Å². The lowest BCUT2D eigenvalue weighted by atomic mass is 10.1. The number of hydrogen-bond donors (Lipinski definition) is 1. The van der Waals surface area contributed by atoms with Crippen LogP contribution in [-0.4, -0.2) is 40.4 Å². The summed E-state index contributed by atoms with van der Waals surface area (Å²) in [6, 6.07) is 0. The topological polar surface area (TPSA) is 40.5 Å². The molecule has 0 saturated carbocycles. The van der Waals surface area contributed by atoms with Crippen molar-refractivity contribution >= 4 is 21.8 Å². The second-order valence-corrected chi connectivity index (χ2v) is 3.62. The highest BCUT2D eigenvalue weighted by Crippen LogP contribution is 2.11. The molecule has 0 heterocycles. The number of nitrogens with zero attached hydrogens (tertiary/aromatic N) is 1. The van der Waals surface area contributed by atoms with Crippen LogP contribution in [0.25, 0.3) is 0 Å². The Kier molecular flexibility index (Phi) is 4.03. The lowest BCUT2D eigenvalue weighted by Crippen LogP contribution is -2.48. The summed E-state index contributed by atoms with van der Waals surface area (Å²) in [6.45, 7) is 3.60. The van der Waals surface area contributed by atoms with Gasteiger partial charge >= 0.3 is 0 Å². The maximum Gasteiger partial charge on any atom is 0.233 e. The summed E-state index contributed by atoms with van der Waals surface area (Å²) < 4.78 is 0.